The van der Waals surface area contributed by atoms with E-state index < -0.39 is 18.6 Å². The summed E-state index contributed by atoms with van der Waals surface area (Å²) in [5, 5.41) is 0. The van der Waals surface area contributed by atoms with Crippen LogP contribution in [0.1, 0.15) is 44.1 Å². The van der Waals surface area contributed by atoms with Crippen molar-refractivity contribution < 1.29 is 22.6 Å². The number of allylic oxidation sites excluding steroid dienone is 6. The Morgan fingerprint density at radius 2 is 1.64 bits per heavy atom. The predicted octanol–water partition coefficient (Wildman–Crippen LogP) is 7.53. The predicted molar refractivity (Wildman–Crippen MR) is 126 cm³/mol. The second-order valence-electron chi connectivity index (χ2n) is 8.66. The molecule has 1 saturated heterocycles. The molecule has 174 valence electrons. The van der Waals surface area contributed by atoms with Gasteiger partial charge in [0.15, 0.2) is 18.6 Å². The van der Waals surface area contributed by atoms with Crippen molar-refractivity contribution in [2.45, 2.75) is 45.3 Å². The van der Waals surface area contributed by atoms with Crippen molar-refractivity contribution in [3.63, 3.8) is 0 Å². The number of alkyl halides is 2. The first-order chi connectivity index (χ1) is 16.0. The second-order valence-corrected chi connectivity index (χ2v) is 8.66. The molecular weight excluding hydrogens is 425 g/mol. The fraction of sp³-hybridized carbons (Fsp3) is 0.357. The van der Waals surface area contributed by atoms with E-state index in [1.165, 1.54) is 6.07 Å². The Labute approximate surface area is 193 Å². The molecule has 0 spiro atoms. The number of hydrogen-bond acceptors (Lipinski definition) is 2. The van der Waals surface area contributed by atoms with Crippen molar-refractivity contribution in [2.75, 3.05) is 13.2 Å². The van der Waals surface area contributed by atoms with Crippen LogP contribution in [0.5, 0.6) is 0 Å². The number of ether oxygens (including phenoxy) is 2. The van der Waals surface area contributed by atoms with Crippen LogP contribution in [-0.4, -0.2) is 25.6 Å². The van der Waals surface area contributed by atoms with E-state index in [9.17, 15) is 13.2 Å². The first kappa shape index (κ1) is 23.5. The summed E-state index contributed by atoms with van der Waals surface area (Å²) in [5.41, 5.74) is 2.99. The van der Waals surface area contributed by atoms with Gasteiger partial charge in [0.25, 0.3) is 0 Å². The molecule has 1 heterocycles. The van der Waals surface area contributed by atoms with Crippen molar-refractivity contribution in [3.8, 4) is 11.1 Å². The minimum absolute atomic E-state index is 0.297. The van der Waals surface area contributed by atoms with Crippen LogP contribution in [-0.2, 0) is 9.47 Å². The molecule has 0 amide bonds. The highest BCUT2D eigenvalue weighted by Crippen LogP contribution is 2.34. The summed E-state index contributed by atoms with van der Waals surface area (Å²) in [5.74, 6) is -0.0411. The van der Waals surface area contributed by atoms with Crippen LogP contribution in [0.3, 0.4) is 0 Å². The quantitative estimate of drug-likeness (QED) is 0.420. The average Bonchev–Trinajstić information content (AvgIpc) is 2.83. The van der Waals surface area contributed by atoms with Crippen molar-refractivity contribution in [1.29, 1.82) is 0 Å². The zero-order valence-electron chi connectivity index (χ0n) is 18.9. The first-order valence-corrected chi connectivity index (χ1v) is 11.4. The van der Waals surface area contributed by atoms with E-state index in [0.29, 0.717) is 52.5 Å². The fourth-order valence-corrected chi connectivity index (χ4v) is 4.20. The van der Waals surface area contributed by atoms with Crippen LogP contribution in [0.2, 0.25) is 0 Å². The van der Waals surface area contributed by atoms with Gasteiger partial charge in [-0.15, -0.1) is 0 Å². The summed E-state index contributed by atoms with van der Waals surface area (Å²) >= 11 is 0. The minimum Gasteiger partial charge on any atom is -0.348 e. The molecule has 4 rings (SSSR count). The van der Waals surface area contributed by atoms with Crippen molar-refractivity contribution >= 4 is 5.57 Å². The lowest BCUT2D eigenvalue weighted by atomic mass is 9.90. The monoisotopic (exact) mass is 454 g/mol. The largest absolute Gasteiger partial charge is 0.348 e. The summed E-state index contributed by atoms with van der Waals surface area (Å²) in [4.78, 5) is 0. The van der Waals surface area contributed by atoms with Gasteiger partial charge in [-0.3, -0.25) is 0 Å². The fourth-order valence-electron chi connectivity index (χ4n) is 4.20. The Morgan fingerprint density at radius 1 is 0.939 bits per heavy atom. The molecule has 0 bridgehead atoms. The third-order valence-electron chi connectivity index (χ3n) is 6.25. The van der Waals surface area contributed by atoms with Crippen LogP contribution in [0, 0.1) is 11.7 Å². The molecule has 2 aliphatic rings. The van der Waals surface area contributed by atoms with Gasteiger partial charge in [0.2, 0.25) is 0 Å². The molecule has 33 heavy (non-hydrogen) atoms. The summed E-state index contributed by atoms with van der Waals surface area (Å²) in [7, 11) is 0. The molecule has 2 aromatic carbocycles. The van der Waals surface area contributed by atoms with Crippen LogP contribution in [0.25, 0.3) is 16.7 Å². The molecule has 2 atom stereocenters. The standard InChI is InChI=1S/C28H29F3O2/c1-3-4-5-6-19-16-32-28(33-17-19)22-12-14-23(25(29)15-22)20-8-10-21(11-9-20)24-13-7-18(2)26(30)27(24)31/h3-4,7-15,19,26-28H,5-6,16-17H2,1-2H3/b4-3+. The Bertz CT molecular complexity index is 1050. The van der Waals surface area contributed by atoms with Gasteiger partial charge in [0.1, 0.15) is 5.82 Å². The highest BCUT2D eigenvalue weighted by molar-refractivity contribution is 5.75. The number of benzene rings is 2. The zero-order valence-corrected chi connectivity index (χ0v) is 18.9. The van der Waals surface area contributed by atoms with Gasteiger partial charge < -0.3 is 9.47 Å². The van der Waals surface area contributed by atoms with E-state index >= 15 is 0 Å². The molecule has 0 N–H and O–H groups in total. The van der Waals surface area contributed by atoms with E-state index in [1.54, 1.807) is 55.5 Å². The van der Waals surface area contributed by atoms with Crippen molar-refractivity contribution in [2.24, 2.45) is 5.92 Å². The number of halogens is 3. The summed E-state index contributed by atoms with van der Waals surface area (Å²) in [6, 6.07) is 11.8. The summed E-state index contributed by atoms with van der Waals surface area (Å²) in [6.45, 7) is 4.76. The maximum absolute atomic E-state index is 14.9. The number of rotatable bonds is 6. The third kappa shape index (κ3) is 5.31. The van der Waals surface area contributed by atoms with E-state index in [4.69, 9.17) is 9.47 Å². The van der Waals surface area contributed by atoms with Crippen LogP contribution < -0.4 is 0 Å². The number of hydrogen-bond donors (Lipinski definition) is 0. The van der Waals surface area contributed by atoms with Crippen LogP contribution in [0.15, 0.2) is 72.3 Å². The van der Waals surface area contributed by atoms with Crippen LogP contribution >= 0.6 is 0 Å². The smallest absolute Gasteiger partial charge is 0.183 e. The van der Waals surface area contributed by atoms with E-state index in [0.717, 1.165) is 12.8 Å². The van der Waals surface area contributed by atoms with Gasteiger partial charge in [-0.1, -0.05) is 60.7 Å². The second kappa shape index (κ2) is 10.5. The highest BCUT2D eigenvalue weighted by Gasteiger charge is 2.29. The lowest BCUT2D eigenvalue weighted by molar-refractivity contribution is -0.205. The van der Waals surface area contributed by atoms with E-state index in [-0.39, 0.29) is 5.82 Å². The minimum atomic E-state index is -1.70. The lowest BCUT2D eigenvalue weighted by Gasteiger charge is -2.29. The molecule has 0 aromatic heterocycles. The molecule has 0 saturated carbocycles. The highest BCUT2D eigenvalue weighted by atomic mass is 19.2. The molecule has 1 aliphatic heterocycles. The van der Waals surface area contributed by atoms with Gasteiger partial charge in [-0.2, -0.15) is 0 Å². The molecular formula is C28H29F3O2. The Hall–Kier alpha value is -2.63. The summed E-state index contributed by atoms with van der Waals surface area (Å²) in [6.07, 6.45) is 5.46. The van der Waals surface area contributed by atoms with Gasteiger partial charge in [0.05, 0.1) is 13.2 Å². The molecule has 1 fully saturated rings. The molecule has 5 heteroatoms. The third-order valence-corrected chi connectivity index (χ3v) is 6.25. The van der Waals surface area contributed by atoms with Crippen LogP contribution in [0.4, 0.5) is 13.2 Å². The summed E-state index contributed by atoms with van der Waals surface area (Å²) < 4.78 is 55.0. The van der Waals surface area contributed by atoms with E-state index in [1.807, 2.05) is 13.0 Å². The van der Waals surface area contributed by atoms with Gasteiger partial charge in [-0.05, 0) is 55.0 Å². The van der Waals surface area contributed by atoms with Gasteiger partial charge >= 0.3 is 0 Å². The first-order valence-electron chi connectivity index (χ1n) is 11.4. The lowest BCUT2D eigenvalue weighted by Crippen LogP contribution is -2.27. The SMILES string of the molecule is C/C=C/CCC1COC(c2ccc(-c3ccc(C4=CC=C(C)C(F)C4F)cc3)c(F)c2)OC1. The average molecular weight is 455 g/mol. The van der Waals surface area contributed by atoms with E-state index in [2.05, 4.69) is 6.08 Å². The molecule has 2 unspecified atom stereocenters. The van der Waals surface area contributed by atoms with Gasteiger partial charge in [-0.25, -0.2) is 13.2 Å². The molecule has 2 aromatic rings. The van der Waals surface area contributed by atoms with Crippen molar-refractivity contribution in [3.05, 3.63) is 89.3 Å². The Balaban J connectivity index is 1.44. The Kier molecular flexibility index (Phi) is 7.51. The maximum atomic E-state index is 14.9. The normalized spacial score (nSPS) is 25.7. The molecule has 1 aliphatic carbocycles. The maximum Gasteiger partial charge on any atom is 0.183 e. The topological polar surface area (TPSA) is 18.5 Å². The zero-order chi connectivity index (χ0) is 23.4. The van der Waals surface area contributed by atoms with Crippen molar-refractivity contribution in [1.82, 2.24) is 0 Å². The molecule has 0 radical (unpaired) electrons. The molecule has 2 nitrogen and oxygen atoms in total. The Morgan fingerprint density at radius 3 is 2.30 bits per heavy atom. The van der Waals surface area contributed by atoms with Gasteiger partial charge in [0, 0.05) is 17.0 Å².